The Morgan fingerprint density at radius 2 is 1.91 bits per heavy atom. The molecule has 4 N–H and O–H groups in total. The maximum atomic E-state index is 12.5. The fourth-order valence-corrected chi connectivity index (χ4v) is 3.46. The summed E-state index contributed by atoms with van der Waals surface area (Å²) in [5.74, 6) is 0.353. The summed E-state index contributed by atoms with van der Waals surface area (Å²) in [4.78, 5) is 25.6. The highest BCUT2D eigenvalue weighted by atomic mass is 35.5. The Labute approximate surface area is 190 Å². The van der Waals surface area contributed by atoms with E-state index in [1.165, 1.54) is 0 Å². The number of carbonyl (C=O) groups is 1. The number of nitrogens with one attached hydrogen (secondary N) is 2. The first-order valence-corrected chi connectivity index (χ1v) is 10.7. The quantitative estimate of drug-likeness (QED) is 0.273. The van der Waals surface area contributed by atoms with Crippen LogP contribution < -0.4 is 16.4 Å². The second-order valence-electron chi connectivity index (χ2n) is 7.51. The van der Waals surface area contributed by atoms with Crippen LogP contribution in [0.5, 0.6) is 0 Å². The number of benzene rings is 2. The van der Waals surface area contributed by atoms with Crippen molar-refractivity contribution in [1.29, 1.82) is 0 Å². The maximum absolute atomic E-state index is 12.5. The predicted octanol–water partition coefficient (Wildman–Crippen LogP) is 4.90. The summed E-state index contributed by atoms with van der Waals surface area (Å²) in [6.45, 7) is 4.71. The molecule has 4 aromatic rings. The molecule has 164 valence electrons. The summed E-state index contributed by atoms with van der Waals surface area (Å²) in [6.07, 6.45) is 2.72. The number of fused-ring (bicyclic) bond motifs is 1. The van der Waals surface area contributed by atoms with E-state index in [1.54, 1.807) is 30.6 Å². The van der Waals surface area contributed by atoms with E-state index < -0.39 is 0 Å². The van der Waals surface area contributed by atoms with E-state index in [-0.39, 0.29) is 17.2 Å². The second-order valence-corrected chi connectivity index (χ2v) is 7.85. The highest BCUT2D eigenvalue weighted by molar-refractivity contribution is 6.28. The van der Waals surface area contributed by atoms with Crippen molar-refractivity contribution >= 4 is 45.9 Å². The van der Waals surface area contributed by atoms with Crippen LogP contribution in [0.1, 0.15) is 42.2 Å². The molecule has 1 unspecified atom stereocenters. The van der Waals surface area contributed by atoms with Gasteiger partial charge in [0.05, 0.1) is 17.7 Å². The number of carbonyl (C=O) groups excluding carboxylic acids is 1. The van der Waals surface area contributed by atoms with Crippen molar-refractivity contribution in [3.05, 3.63) is 71.3 Å². The van der Waals surface area contributed by atoms with Crippen LogP contribution in [0.3, 0.4) is 0 Å². The van der Waals surface area contributed by atoms with Gasteiger partial charge in [-0.05, 0) is 54.8 Å². The molecule has 0 bridgehead atoms. The van der Waals surface area contributed by atoms with Gasteiger partial charge in [0, 0.05) is 18.2 Å². The van der Waals surface area contributed by atoms with Gasteiger partial charge < -0.3 is 20.9 Å². The predicted molar refractivity (Wildman–Crippen MR) is 128 cm³/mol. The minimum Gasteiger partial charge on any atom is -0.397 e. The Kier molecular flexibility index (Phi) is 6.23. The van der Waals surface area contributed by atoms with Crippen LogP contribution in [0.15, 0.2) is 54.9 Å². The molecule has 0 saturated carbocycles. The summed E-state index contributed by atoms with van der Waals surface area (Å²) in [7, 11) is 0. The third kappa shape index (κ3) is 4.50. The van der Waals surface area contributed by atoms with E-state index in [0.29, 0.717) is 40.5 Å². The molecule has 0 aliphatic rings. The topological polar surface area (TPSA) is 111 Å². The van der Waals surface area contributed by atoms with Gasteiger partial charge in [0.25, 0.3) is 5.91 Å². The van der Waals surface area contributed by atoms with Gasteiger partial charge in [-0.3, -0.25) is 4.79 Å². The number of halogens is 1. The molecule has 0 spiro atoms. The molecule has 0 aliphatic heterocycles. The van der Waals surface area contributed by atoms with E-state index in [2.05, 4.69) is 39.4 Å². The molecule has 32 heavy (non-hydrogen) atoms. The average Bonchev–Trinajstić information content (AvgIpc) is 3.22. The fourth-order valence-electron chi connectivity index (χ4n) is 3.30. The van der Waals surface area contributed by atoms with Crippen LogP contribution in [0, 0.1) is 0 Å². The van der Waals surface area contributed by atoms with E-state index in [4.69, 9.17) is 17.3 Å². The highest BCUT2D eigenvalue weighted by Gasteiger charge is 2.15. The number of nitrogens with two attached hydrogens (primary N) is 1. The van der Waals surface area contributed by atoms with Crippen LogP contribution in [0.4, 0.5) is 17.2 Å². The maximum Gasteiger partial charge on any atom is 0.255 e. The molecule has 1 atom stereocenters. The van der Waals surface area contributed by atoms with Crippen molar-refractivity contribution in [3.63, 3.8) is 0 Å². The number of hydrogen-bond acceptors (Lipinski definition) is 6. The first-order valence-electron chi connectivity index (χ1n) is 10.3. The standard InChI is InChI=1S/C23H24ClN7O/c1-3-14(2)31-13-27-19-20(29-23(24)30-21(19)31)26-12-15-8-10-16(11-9-15)22(32)28-18-7-5-4-6-17(18)25/h4-11,13-14H,3,12,25H2,1-2H3,(H,28,32)(H,26,29,30). The number of para-hydroxylation sites is 2. The molecule has 9 heteroatoms. The average molecular weight is 450 g/mol. The molecule has 2 aromatic heterocycles. The minimum atomic E-state index is -0.220. The number of imidazole rings is 1. The normalized spacial score (nSPS) is 12.0. The van der Waals surface area contributed by atoms with E-state index >= 15 is 0 Å². The number of aromatic nitrogens is 4. The van der Waals surface area contributed by atoms with Gasteiger partial charge in [0.2, 0.25) is 5.28 Å². The Balaban J connectivity index is 1.47. The Hall–Kier alpha value is -3.65. The lowest BCUT2D eigenvalue weighted by Gasteiger charge is -2.12. The van der Waals surface area contributed by atoms with E-state index in [0.717, 1.165) is 12.0 Å². The van der Waals surface area contributed by atoms with Gasteiger partial charge >= 0.3 is 0 Å². The SMILES string of the molecule is CCC(C)n1cnc2c(NCc3ccc(C(=O)Nc4ccccc4N)cc3)nc(Cl)nc21. The van der Waals surface area contributed by atoms with Crippen LogP contribution in [-0.2, 0) is 6.54 Å². The number of nitrogens with zero attached hydrogens (tertiary/aromatic N) is 4. The summed E-state index contributed by atoms with van der Waals surface area (Å²) >= 11 is 6.16. The van der Waals surface area contributed by atoms with Crippen LogP contribution >= 0.6 is 11.6 Å². The van der Waals surface area contributed by atoms with Crippen molar-refractivity contribution in [2.24, 2.45) is 0 Å². The molecule has 1 amide bonds. The number of amides is 1. The zero-order valence-corrected chi connectivity index (χ0v) is 18.6. The van der Waals surface area contributed by atoms with E-state index in [1.807, 2.05) is 28.8 Å². The van der Waals surface area contributed by atoms with Crippen molar-refractivity contribution in [2.75, 3.05) is 16.4 Å². The molecule has 0 aliphatic carbocycles. The van der Waals surface area contributed by atoms with Gasteiger partial charge in [-0.15, -0.1) is 0 Å². The third-order valence-corrected chi connectivity index (χ3v) is 5.51. The van der Waals surface area contributed by atoms with Gasteiger partial charge in [0.15, 0.2) is 17.0 Å². The zero-order chi connectivity index (χ0) is 22.7. The van der Waals surface area contributed by atoms with Crippen molar-refractivity contribution in [3.8, 4) is 0 Å². The Bertz CT molecular complexity index is 1250. The molecule has 0 fully saturated rings. The molecule has 0 saturated heterocycles. The molecule has 2 heterocycles. The largest absolute Gasteiger partial charge is 0.397 e. The van der Waals surface area contributed by atoms with E-state index in [9.17, 15) is 4.79 Å². The molecule has 2 aromatic carbocycles. The van der Waals surface area contributed by atoms with Gasteiger partial charge in [-0.25, -0.2) is 4.98 Å². The van der Waals surface area contributed by atoms with Crippen molar-refractivity contribution in [2.45, 2.75) is 32.9 Å². The summed E-state index contributed by atoms with van der Waals surface area (Å²) in [5.41, 5.74) is 9.89. The van der Waals surface area contributed by atoms with Gasteiger partial charge in [-0.1, -0.05) is 31.2 Å². The third-order valence-electron chi connectivity index (χ3n) is 5.34. The van der Waals surface area contributed by atoms with Crippen molar-refractivity contribution in [1.82, 2.24) is 19.5 Å². The number of rotatable bonds is 7. The highest BCUT2D eigenvalue weighted by Crippen LogP contribution is 2.25. The lowest BCUT2D eigenvalue weighted by Crippen LogP contribution is -2.13. The lowest BCUT2D eigenvalue weighted by molar-refractivity contribution is 0.102. The smallest absolute Gasteiger partial charge is 0.255 e. The summed E-state index contributed by atoms with van der Waals surface area (Å²) in [5, 5.41) is 6.27. The number of anilines is 3. The molecule has 4 rings (SSSR count). The monoisotopic (exact) mass is 449 g/mol. The van der Waals surface area contributed by atoms with Crippen LogP contribution in [0.2, 0.25) is 5.28 Å². The lowest BCUT2D eigenvalue weighted by atomic mass is 10.1. The molecule has 8 nitrogen and oxygen atoms in total. The fraction of sp³-hybridized carbons (Fsp3) is 0.217. The summed E-state index contributed by atoms with van der Waals surface area (Å²) < 4.78 is 2.00. The van der Waals surface area contributed by atoms with Gasteiger partial charge in [-0.2, -0.15) is 9.97 Å². The minimum absolute atomic E-state index is 0.164. The molecular weight excluding hydrogens is 426 g/mol. The number of hydrogen-bond donors (Lipinski definition) is 3. The van der Waals surface area contributed by atoms with Crippen LogP contribution in [0.25, 0.3) is 11.2 Å². The first-order chi connectivity index (χ1) is 15.5. The molecule has 0 radical (unpaired) electrons. The summed E-state index contributed by atoms with van der Waals surface area (Å²) in [6, 6.07) is 14.7. The Morgan fingerprint density at radius 3 is 2.62 bits per heavy atom. The first kappa shape index (κ1) is 21.6. The van der Waals surface area contributed by atoms with Gasteiger partial charge in [0.1, 0.15) is 0 Å². The number of nitrogen functional groups attached to an aromatic ring is 1. The molecular formula is C23H24ClN7O. The Morgan fingerprint density at radius 1 is 1.16 bits per heavy atom. The van der Waals surface area contributed by atoms with Crippen LogP contribution in [-0.4, -0.2) is 25.4 Å². The van der Waals surface area contributed by atoms with Crippen molar-refractivity contribution < 1.29 is 4.79 Å². The zero-order valence-electron chi connectivity index (χ0n) is 17.8. The second kappa shape index (κ2) is 9.23.